The van der Waals surface area contributed by atoms with E-state index in [9.17, 15) is 0 Å². The van der Waals surface area contributed by atoms with Gasteiger partial charge < -0.3 is 24.8 Å². The van der Waals surface area contributed by atoms with Gasteiger partial charge in [0, 0.05) is 0 Å². The van der Waals surface area contributed by atoms with E-state index in [2.05, 4.69) is 34.7 Å². The van der Waals surface area contributed by atoms with Gasteiger partial charge in [-0.15, -0.1) is 0 Å². The first-order valence-electron chi connectivity index (χ1n) is 6.20. The number of imidazole rings is 2. The minimum absolute atomic E-state index is 0. The van der Waals surface area contributed by atoms with Crippen LogP contribution in [-0.2, 0) is 13.1 Å². The second-order valence-electron chi connectivity index (χ2n) is 4.27. The summed E-state index contributed by atoms with van der Waals surface area (Å²) < 4.78 is 8.28. The van der Waals surface area contributed by atoms with Crippen LogP contribution in [-0.4, -0.2) is 9.13 Å². The minimum Gasteiger partial charge on any atom is -1.00 e. The molecule has 2 aromatic rings. The Balaban J connectivity index is 0.00000180. The highest BCUT2D eigenvalue weighted by molar-refractivity contribution is 5.13. The van der Waals surface area contributed by atoms with Crippen LogP contribution in [0.25, 0.3) is 12.4 Å². The van der Waals surface area contributed by atoms with Crippen LogP contribution in [0.1, 0.15) is 12.8 Å². The lowest BCUT2D eigenvalue weighted by Gasteiger charge is -1.96. The lowest BCUT2D eigenvalue weighted by molar-refractivity contribution is -0.707. The zero-order valence-corrected chi connectivity index (χ0v) is 12.9. The third-order valence-electron chi connectivity index (χ3n) is 2.93. The van der Waals surface area contributed by atoms with Crippen molar-refractivity contribution in [3.8, 4) is 0 Å². The van der Waals surface area contributed by atoms with Crippen LogP contribution in [0.4, 0.5) is 0 Å². The molecule has 20 heavy (non-hydrogen) atoms. The Morgan fingerprint density at radius 1 is 0.800 bits per heavy atom. The first kappa shape index (κ1) is 18.5. The smallest absolute Gasteiger partial charge is 0.248 e. The van der Waals surface area contributed by atoms with Gasteiger partial charge in [0.05, 0.1) is 25.5 Å². The van der Waals surface area contributed by atoms with Crippen molar-refractivity contribution in [1.29, 1.82) is 0 Å². The van der Waals surface area contributed by atoms with E-state index in [0.717, 1.165) is 25.9 Å². The highest BCUT2D eigenvalue weighted by Crippen LogP contribution is 1.92. The summed E-state index contributed by atoms with van der Waals surface area (Å²) in [6.45, 7) is 9.54. The van der Waals surface area contributed by atoms with Gasteiger partial charge in [-0.1, -0.05) is 13.2 Å². The highest BCUT2D eigenvalue weighted by atomic mass is 35.5. The number of aromatic nitrogens is 4. The molecule has 0 radical (unpaired) electrons. The third kappa shape index (κ3) is 5.23. The predicted octanol–water partition coefficient (Wildman–Crippen LogP) is -4.45. The maximum atomic E-state index is 3.73. The molecular weight excluding hydrogens is 295 g/mol. The minimum atomic E-state index is 0. The molecule has 0 bridgehead atoms. The molecule has 0 aromatic carbocycles. The van der Waals surface area contributed by atoms with E-state index in [1.807, 2.05) is 34.2 Å². The van der Waals surface area contributed by atoms with Gasteiger partial charge in [-0.05, 0) is 12.8 Å². The monoisotopic (exact) mass is 314 g/mol. The molecule has 0 N–H and O–H groups in total. The summed E-state index contributed by atoms with van der Waals surface area (Å²) in [6, 6.07) is 0. The fourth-order valence-corrected chi connectivity index (χ4v) is 1.89. The van der Waals surface area contributed by atoms with E-state index < -0.39 is 0 Å². The Morgan fingerprint density at radius 3 is 1.50 bits per heavy atom. The van der Waals surface area contributed by atoms with Crippen molar-refractivity contribution in [2.24, 2.45) is 0 Å². The van der Waals surface area contributed by atoms with Gasteiger partial charge in [0.1, 0.15) is 24.8 Å². The van der Waals surface area contributed by atoms with E-state index in [1.165, 1.54) is 0 Å². The van der Waals surface area contributed by atoms with Crippen LogP contribution in [0.2, 0.25) is 0 Å². The summed E-state index contributed by atoms with van der Waals surface area (Å²) in [5.74, 6) is 0. The lowest BCUT2D eigenvalue weighted by Crippen LogP contribution is -3.00. The van der Waals surface area contributed by atoms with Crippen LogP contribution in [0.15, 0.2) is 50.6 Å². The number of hydrogen-bond acceptors (Lipinski definition) is 0. The summed E-state index contributed by atoms with van der Waals surface area (Å²) in [5, 5.41) is 0. The van der Waals surface area contributed by atoms with Crippen molar-refractivity contribution in [1.82, 2.24) is 9.13 Å². The quantitative estimate of drug-likeness (QED) is 0.363. The Bertz CT molecular complexity index is 483. The average Bonchev–Trinajstić information content (AvgIpc) is 3.03. The van der Waals surface area contributed by atoms with E-state index >= 15 is 0 Å². The predicted molar refractivity (Wildman–Crippen MR) is 71.3 cm³/mol. The second-order valence-corrected chi connectivity index (χ2v) is 4.27. The standard InChI is InChI=1S/C14H20N4.2ClH/c1-3-15-9-11-17(13-15)7-5-6-8-18-12-10-16(4-2)14-18;;/h3-4,9-14H,1-2,5-8H2;2*1H/q+2;;/p-2. The molecule has 2 rings (SSSR count). The number of nitrogens with zero attached hydrogens (tertiary/aromatic N) is 4. The molecule has 6 heteroatoms. The molecule has 0 saturated heterocycles. The van der Waals surface area contributed by atoms with Crippen molar-refractivity contribution >= 4 is 12.4 Å². The van der Waals surface area contributed by atoms with Crippen molar-refractivity contribution in [2.75, 3.05) is 0 Å². The average molecular weight is 315 g/mol. The molecule has 0 aliphatic rings. The van der Waals surface area contributed by atoms with Crippen LogP contribution < -0.4 is 33.9 Å². The molecule has 110 valence electrons. The van der Waals surface area contributed by atoms with Gasteiger partial charge >= 0.3 is 0 Å². The van der Waals surface area contributed by atoms with E-state index in [0.29, 0.717) is 0 Å². The van der Waals surface area contributed by atoms with Gasteiger partial charge in [-0.3, -0.25) is 0 Å². The van der Waals surface area contributed by atoms with E-state index in [4.69, 9.17) is 0 Å². The molecule has 0 aliphatic heterocycles. The van der Waals surface area contributed by atoms with Gasteiger partial charge in [-0.2, -0.15) is 0 Å². The molecule has 2 aromatic heterocycles. The zero-order chi connectivity index (χ0) is 12.8. The molecule has 0 saturated carbocycles. The summed E-state index contributed by atoms with van der Waals surface area (Å²) in [4.78, 5) is 0. The Morgan fingerprint density at radius 2 is 1.20 bits per heavy atom. The summed E-state index contributed by atoms with van der Waals surface area (Å²) in [7, 11) is 0. The topological polar surface area (TPSA) is 17.6 Å². The molecule has 0 atom stereocenters. The summed E-state index contributed by atoms with van der Waals surface area (Å²) >= 11 is 0. The highest BCUT2D eigenvalue weighted by Gasteiger charge is 2.03. The van der Waals surface area contributed by atoms with Crippen molar-refractivity contribution in [3.05, 3.63) is 50.6 Å². The van der Waals surface area contributed by atoms with Gasteiger partial charge in [0.25, 0.3) is 0 Å². The van der Waals surface area contributed by atoms with Crippen LogP contribution in [0, 0.1) is 0 Å². The van der Waals surface area contributed by atoms with Crippen LogP contribution >= 0.6 is 0 Å². The summed E-state index contributed by atoms with van der Waals surface area (Å²) in [5.41, 5.74) is 0. The Labute approximate surface area is 132 Å². The number of rotatable bonds is 7. The number of unbranched alkanes of at least 4 members (excludes halogenated alkanes) is 1. The van der Waals surface area contributed by atoms with Gasteiger partial charge in [0.2, 0.25) is 12.7 Å². The molecular formula is C14H20Cl2N4. The fourth-order valence-electron chi connectivity index (χ4n) is 1.89. The maximum absolute atomic E-state index is 3.73. The molecule has 4 nitrogen and oxygen atoms in total. The van der Waals surface area contributed by atoms with Crippen molar-refractivity contribution < 1.29 is 33.9 Å². The first-order chi connectivity index (χ1) is 8.81. The first-order valence-corrected chi connectivity index (χ1v) is 6.20. The SMILES string of the molecule is C=Cn1cc[n+](CCCC[n+]2ccn(C=C)c2)c1.[Cl-].[Cl-]. The fraction of sp³-hybridized carbons (Fsp3) is 0.286. The molecule has 0 amide bonds. The van der Waals surface area contributed by atoms with Gasteiger partial charge in [-0.25, -0.2) is 18.3 Å². The zero-order valence-electron chi connectivity index (χ0n) is 11.4. The molecule has 2 heterocycles. The van der Waals surface area contributed by atoms with Crippen LogP contribution in [0.3, 0.4) is 0 Å². The number of halogens is 2. The Hall–Kier alpha value is -1.52. The van der Waals surface area contributed by atoms with E-state index in [1.54, 1.807) is 12.4 Å². The molecule has 0 fully saturated rings. The number of hydrogen-bond donors (Lipinski definition) is 0. The second kappa shape index (κ2) is 9.39. The van der Waals surface area contributed by atoms with Crippen molar-refractivity contribution in [2.45, 2.75) is 25.9 Å². The molecule has 0 aliphatic carbocycles. The van der Waals surface area contributed by atoms with Gasteiger partial charge in [0.15, 0.2) is 0 Å². The molecule has 0 spiro atoms. The van der Waals surface area contributed by atoms with Crippen molar-refractivity contribution in [3.63, 3.8) is 0 Å². The summed E-state index contributed by atoms with van der Waals surface area (Å²) in [6.07, 6.45) is 18.2. The third-order valence-corrected chi connectivity index (χ3v) is 2.93. The normalized spacial score (nSPS) is 9.40. The maximum Gasteiger partial charge on any atom is 0.248 e. The Kier molecular flexibility index (Phi) is 8.68. The lowest BCUT2D eigenvalue weighted by atomic mass is 10.3. The largest absolute Gasteiger partial charge is 1.00 e. The number of aryl methyl sites for hydroxylation is 2. The van der Waals surface area contributed by atoms with Crippen LogP contribution in [0.5, 0.6) is 0 Å². The van der Waals surface area contributed by atoms with E-state index in [-0.39, 0.29) is 24.8 Å². The molecule has 0 unspecified atom stereocenters.